The summed E-state index contributed by atoms with van der Waals surface area (Å²) >= 11 is 6.05. The number of nitrogens with one attached hydrogen (secondary N) is 1. The Labute approximate surface area is 281 Å². The van der Waals surface area contributed by atoms with Crippen molar-refractivity contribution >= 4 is 39.1 Å². The zero-order valence-corrected chi connectivity index (χ0v) is 28.2. The first-order valence-electron chi connectivity index (χ1n) is 15.4. The van der Waals surface area contributed by atoms with Crippen LogP contribution in [0.3, 0.4) is 0 Å². The van der Waals surface area contributed by atoms with E-state index in [0.717, 1.165) is 9.87 Å². The second-order valence-corrected chi connectivity index (χ2v) is 13.4. The van der Waals surface area contributed by atoms with Gasteiger partial charge in [-0.15, -0.1) is 0 Å². The van der Waals surface area contributed by atoms with Gasteiger partial charge in [-0.05, 0) is 92.1 Å². The maximum atomic E-state index is 14.5. The van der Waals surface area contributed by atoms with Gasteiger partial charge in [-0.1, -0.05) is 61.0 Å². The van der Waals surface area contributed by atoms with E-state index in [1.165, 1.54) is 53.4 Å². The number of halogens is 2. The number of amides is 2. The lowest BCUT2D eigenvalue weighted by Crippen LogP contribution is -2.54. The molecule has 0 heterocycles. The predicted molar refractivity (Wildman–Crippen MR) is 182 cm³/mol. The first-order valence-corrected chi connectivity index (χ1v) is 17.2. The van der Waals surface area contributed by atoms with Gasteiger partial charge in [0.2, 0.25) is 11.8 Å². The van der Waals surface area contributed by atoms with Crippen molar-refractivity contribution in [1.82, 2.24) is 10.2 Å². The normalized spacial score (nSPS) is 12.5. The Kier molecular flexibility index (Phi) is 12.4. The fourth-order valence-corrected chi connectivity index (χ4v) is 6.46. The molecule has 0 saturated carbocycles. The summed E-state index contributed by atoms with van der Waals surface area (Å²) in [7, 11) is -4.29. The topological polar surface area (TPSA) is 96.0 Å². The van der Waals surface area contributed by atoms with Crippen molar-refractivity contribution in [2.75, 3.05) is 17.5 Å². The minimum Gasteiger partial charge on any atom is -0.494 e. The quantitative estimate of drug-likeness (QED) is 0.152. The molecule has 2 amide bonds. The maximum absolute atomic E-state index is 14.5. The smallest absolute Gasteiger partial charge is 0.264 e. The lowest BCUT2D eigenvalue weighted by molar-refractivity contribution is -0.140. The molecular weight excluding hydrogens is 641 g/mol. The molecule has 0 fully saturated rings. The van der Waals surface area contributed by atoms with Crippen LogP contribution in [0.15, 0.2) is 108 Å². The van der Waals surface area contributed by atoms with Crippen molar-refractivity contribution in [1.29, 1.82) is 0 Å². The Morgan fingerprint density at radius 2 is 1.51 bits per heavy atom. The number of benzene rings is 4. The molecule has 0 aliphatic rings. The average molecular weight is 680 g/mol. The van der Waals surface area contributed by atoms with E-state index in [9.17, 15) is 22.4 Å². The summed E-state index contributed by atoms with van der Waals surface area (Å²) in [5.74, 6) is -0.917. The van der Waals surface area contributed by atoms with Gasteiger partial charge in [-0.2, -0.15) is 0 Å². The highest BCUT2D eigenvalue weighted by Gasteiger charge is 2.35. The molecule has 0 bridgehead atoms. The second-order valence-electron chi connectivity index (χ2n) is 11.1. The van der Waals surface area contributed by atoms with E-state index < -0.39 is 34.3 Å². The van der Waals surface area contributed by atoms with Crippen molar-refractivity contribution in [2.45, 2.75) is 57.1 Å². The third kappa shape index (κ3) is 9.56. The van der Waals surface area contributed by atoms with Gasteiger partial charge in [0.25, 0.3) is 10.0 Å². The summed E-state index contributed by atoms with van der Waals surface area (Å²) in [4.78, 5) is 29.7. The molecule has 1 N–H and O–H groups in total. The van der Waals surface area contributed by atoms with Crippen LogP contribution in [-0.4, -0.2) is 50.4 Å². The number of carbonyl (C=O) groups excluding carboxylic acids is 2. The van der Waals surface area contributed by atoms with Crippen LogP contribution >= 0.6 is 11.6 Å². The molecular formula is C36H39ClFN3O5S. The van der Waals surface area contributed by atoms with Crippen LogP contribution in [-0.2, 0) is 32.6 Å². The van der Waals surface area contributed by atoms with Crippen LogP contribution in [0.25, 0.3) is 0 Å². The number of hydrogen-bond acceptors (Lipinski definition) is 5. The largest absolute Gasteiger partial charge is 0.494 e. The van der Waals surface area contributed by atoms with Crippen molar-refractivity contribution in [3.8, 4) is 5.75 Å². The van der Waals surface area contributed by atoms with Crippen molar-refractivity contribution in [3.63, 3.8) is 0 Å². The van der Waals surface area contributed by atoms with E-state index in [4.69, 9.17) is 16.3 Å². The van der Waals surface area contributed by atoms with Crippen LogP contribution in [0.1, 0.15) is 38.3 Å². The third-order valence-electron chi connectivity index (χ3n) is 7.65. The second kappa shape index (κ2) is 16.4. The van der Waals surface area contributed by atoms with Crippen molar-refractivity contribution in [2.24, 2.45) is 0 Å². The molecule has 0 saturated heterocycles. The molecule has 47 heavy (non-hydrogen) atoms. The lowest BCUT2D eigenvalue weighted by Gasteiger charge is -2.34. The zero-order chi connectivity index (χ0) is 34.0. The summed E-state index contributed by atoms with van der Waals surface area (Å²) in [6, 6.07) is 25.8. The summed E-state index contributed by atoms with van der Waals surface area (Å²) in [6.07, 6.45) is 0.837. The van der Waals surface area contributed by atoms with Gasteiger partial charge >= 0.3 is 0 Å². The van der Waals surface area contributed by atoms with E-state index >= 15 is 0 Å². The van der Waals surface area contributed by atoms with E-state index in [-0.39, 0.29) is 35.5 Å². The molecule has 0 aliphatic heterocycles. The Balaban J connectivity index is 1.80. The number of carbonyl (C=O) groups is 2. The highest BCUT2D eigenvalue weighted by Crippen LogP contribution is 2.28. The minimum atomic E-state index is -4.29. The Hall–Kier alpha value is -4.41. The summed E-state index contributed by atoms with van der Waals surface area (Å²) in [6.45, 7) is 5.38. The zero-order valence-electron chi connectivity index (χ0n) is 26.6. The molecule has 11 heteroatoms. The highest BCUT2D eigenvalue weighted by atomic mass is 35.5. The van der Waals surface area contributed by atoms with Gasteiger partial charge in [-0.3, -0.25) is 13.9 Å². The summed E-state index contributed by atoms with van der Waals surface area (Å²) in [5, 5.41) is 3.35. The third-order valence-corrected chi connectivity index (χ3v) is 9.69. The molecule has 0 unspecified atom stereocenters. The van der Waals surface area contributed by atoms with Crippen molar-refractivity contribution in [3.05, 3.63) is 125 Å². The Morgan fingerprint density at radius 3 is 2.11 bits per heavy atom. The molecule has 248 valence electrons. The molecule has 0 spiro atoms. The molecule has 0 aliphatic carbocycles. The van der Waals surface area contributed by atoms with E-state index in [1.807, 2.05) is 51.1 Å². The van der Waals surface area contributed by atoms with E-state index in [1.54, 1.807) is 24.3 Å². The molecule has 4 rings (SSSR count). The van der Waals surface area contributed by atoms with Crippen LogP contribution in [0.5, 0.6) is 5.75 Å². The van der Waals surface area contributed by atoms with Gasteiger partial charge in [0.05, 0.1) is 17.2 Å². The number of ether oxygens (including phenoxy) is 1. The number of anilines is 1. The fourth-order valence-electron chi connectivity index (χ4n) is 4.92. The molecule has 0 radical (unpaired) electrons. The minimum absolute atomic E-state index is 0.0657. The van der Waals surface area contributed by atoms with Crippen LogP contribution in [0, 0.1) is 5.82 Å². The Bertz CT molecular complexity index is 1720. The Morgan fingerprint density at radius 1 is 0.872 bits per heavy atom. The monoisotopic (exact) mass is 679 g/mol. The summed E-state index contributed by atoms with van der Waals surface area (Å²) in [5.41, 5.74) is 1.61. The standard InChI is InChI=1S/C36H39ClFN3O5S/c1-4-26(3)39-36(43)34(23-27-9-7-6-8-10-27)40(24-28-11-15-30(38)16-12-28)35(42)25-41(31-17-19-32(20-18-31)46-5-2)47(44,45)33-21-13-29(37)14-22-33/h6-22,26,34H,4-5,23-25H2,1-3H3,(H,39,43)/t26-,34+/m0/s1. The summed E-state index contributed by atoms with van der Waals surface area (Å²) < 4.78 is 48.7. The van der Waals surface area contributed by atoms with E-state index in [0.29, 0.717) is 29.4 Å². The number of nitrogens with zero attached hydrogens (tertiary/aromatic N) is 2. The van der Waals surface area contributed by atoms with Gasteiger partial charge < -0.3 is 15.0 Å². The van der Waals surface area contributed by atoms with Gasteiger partial charge in [-0.25, -0.2) is 12.8 Å². The fraction of sp³-hybridized carbons (Fsp3) is 0.278. The van der Waals surface area contributed by atoms with Gasteiger partial charge in [0.15, 0.2) is 0 Å². The lowest BCUT2D eigenvalue weighted by atomic mass is 10.0. The van der Waals surface area contributed by atoms with Gasteiger partial charge in [0.1, 0.15) is 24.2 Å². The molecule has 2 atom stereocenters. The van der Waals surface area contributed by atoms with Gasteiger partial charge in [0, 0.05) is 24.0 Å². The molecule has 4 aromatic carbocycles. The predicted octanol–water partition coefficient (Wildman–Crippen LogP) is 6.63. The van der Waals surface area contributed by atoms with Crippen LogP contribution in [0.2, 0.25) is 5.02 Å². The SMILES string of the molecule is CCOc1ccc(N(CC(=O)N(Cc2ccc(F)cc2)[C@H](Cc2ccccc2)C(=O)N[C@@H](C)CC)S(=O)(=O)c2ccc(Cl)cc2)cc1. The van der Waals surface area contributed by atoms with Crippen LogP contribution < -0.4 is 14.4 Å². The number of rotatable bonds is 15. The molecule has 0 aromatic heterocycles. The molecule has 4 aromatic rings. The number of sulfonamides is 1. The average Bonchev–Trinajstić information content (AvgIpc) is 3.07. The van der Waals surface area contributed by atoms with Crippen molar-refractivity contribution < 1.29 is 27.1 Å². The van der Waals surface area contributed by atoms with Crippen LogP contribution in [0.4, 0.5) is 10.1 Å². The maximum Gasteiger partial charge on any atom is 0.264 e. The first kappa shape index (κ1) is 35.4. The first-order chi connectivity index (χ1) is 22.5. The molecule has 8 nitrogen and oxygen atoms in total. The highest BCUT2D eigenvalue weighted by molar-refractivity contribution is 7.92. The van der Waals surface area contributed by atoms with E-state index in [2.05, 4.69) is 5.32 Å². The number of hydrogen-bond donors (Lipinski definition) is 1.